The van der Waals surface area contributed by atoms with Gasteiger partial charge >= 0.3 is 0 Å². The van der Waals surface area contributed by atoms with Crippen LogP contribution in [0.3, 0.4) is 0 Å². The molecule has 4 heteroatoms. The molecule has 2 atom stereocenters. The number of benzene rings is 4. The lowest BCUT2D eigenvalue weighted by molar-refractivity contribution is -0.485. The summed E-state index contributed by atoms with van der Waals surface area (Å²) in [7, 11) is 0. The average molecular weight is 416 g/mol. The Morgan fingerprint density at radius 1 is 0.871 bits per heavy atom. The molecule has 4 nitrogen and oxygen atoms in total. The van der Waals surface area contributed by atoms with Crippen molar-refractivity contribution in [1.29, 1.82) is 0 Å². The van der Waals surface area contributed by atoms with Crippen LogP contribution in [-0.4, -0.2) is 18.1 Å². The summed E-state index contributed by atoms with van der Waals surface area (Å²) in [5, 5.41) is 11.1. The van der Waals surface area contributed by atoms with Gasteiger partial charge in [0.15, 0.2) is 12.5 Å². The number of anilines is 1. The van der Waals surface area contributed by atoms with E-state index in [2.05, 4.69) is 86.8 Å². The number of ether oxygens (including phenoxy) is 1. The van der Waals surface area contributed by atoms with E-state index in [1.807, 2.05) is 13.8 Å². The third-order valence-corrected chi connectivity index (χ3v) is 6.17. The fraction of sp³-hybridized carbons (Fsp3) is 0.333. The van der Waals surface area contributed by atoms with Gasteiger partial charge in [-0.1, -0.05) is 68.4 Å². The van der Waals surface area contributed by atoms with Crippen molar-refractivity contribution in [1.82, 2.24) is 0 Å². The third-order valence-electron chi connectivity index (χ3n) is 6.17. The van der Waals surface area contributed by atoms with Gasteiger partial charge in [0, 0.05) is 17.0 Å². The summed E-state index contributed by atoms with van der Waals surface area (Å²) in [5.74, 6) is 0.187. The maximum atomic E-state index is 6.24. The molecule has 1 aliphatic heterocycles. The highest BCUT2D eigenvalue weighted by Crippen LogP contribution is 2.38. The molecule has 160 valence electrons. The molecular weight excluding hydrogens is 386 g/mol. The SMILES string of the molecule is Cc1cc2c3ccccc3ccc2c2cccc(NC3OC(C(C)C)OOC3(C)C)c12. The summed E-state index contributed by atoms with van der Waals surface area (Å²) in [6.45, 7) is 10.2. The highest BCUT2D eigenvalue weighted by atomic mass is 17.2. The molecule has 1 saturated heterocycles. The number of fused-ring (bicyclic) bond motifs is 5. The second-order valence-corrected chi connectivity index (χ2v) is 9.36. The Bertz CT molecular complexity index is 1280. The summed E-state index contributed by atoms with van der Waals surface area (Å²) in [6.07, 6.45) is -0.750. The number of hydrogen-bond donors (Lipinski definition) is 1. The van der Waals surface area contributed by atoms with Gasteiger partial charge < -0.3 is 10.1 Å². The van der Waals surface area contributed by atoms with Crippen molar-refractivity contribution >= 4 is 38.0 Å². The average Bonchev–Trinajstić information content (AvgIpc) is 2.75. The third kappa shape index (κ3) is 3.45. The molecule has 0 radical (unpaired) electrons. The van der Waals surface area contributed by atoms with E-state index in [0.717, 1.165) is 5.69 Å². The van der Waals surface area contributed by atoms with Gasteiger partial charge in [-0.15, -0.1) is 0 Å². The van der Waals surface area contributed by atoms with Crippen LogP contribution in [0.15, 0.2) is 60.7 Å². The van der Waals surface area contributed by atoms with Crippen LogP contribution in [0, 0.1) is 12.8 Å². The monoisotopic (exact) mass is 415 g/mol. The molecule has 1 fully saturated rings. The van der Waals surface area contributed by atoms with Crippen molar-refractivity contribution in [3.05, 3.63) is 66.2 Å². The second-order valence-electron chi connectivity index (χ2n) is 9.36. The molecule has 1 aliphatic rings. The molecule has 0 spiro atoms. The van der Waals surface area contributed by atoms with Crippen molar-refractivity contribution in [2.75, 3.05) is 5.32 Å². The van der Waals surface area contributed by atoms with E-state index in [9.17, 15) is 0 Å². The Balaban J connectivity index is 1.65. The van der Waals surface area contributed by atoms with Crippen LogP contribution < -0.4 is 5.32 Å². The molecule has 5 rings (SSSR count). The van der Waals surface area contributed by atoms with Crippen LogP contribution in [0.4, 0.5) is 5.69 Å². The number of aryl methyl sites for hydroxylation is 1. The summed E-state index contributed by atoms with van der Waals surface area (Å²) >= 11 is 0. The predicted octanol–water partition coefficient (Wildman–Crippen LogP) is 6.93. The lowest BCUT2D eigenvalue weighted by atomic mass is 9.93. The molecule has 4 aromatic carbocycles. The van der Waals surface area contributed by atoms with Crippen molar-refractivity contribution in [2.45, 2.75) is 52.7 Å². The minimum Gasteiger partial charge on any atom is -0.357 e. The highest BCUT2D eigenvalue weighted by Gasteiger charge is 2.41. The largest absolute Gasteiger partial charge is 0.357 e. The van der Waals surface area contributed by atoms with Gasteiger partial charge in [0.05, 0.1) is 0 Å². The van der Waals surface area contributed by atoms with E-state index < -0.39 is 11.9 Å². The first-order valence-electron chi connectivity index (χ1n) is 11.0. The Labute approximate surface area is 183 Å². The maximum absolute atomic E-state index is 6.24. The molecule has 2 unspecified atom stereocenters. The zero-order valence-electron chi connectivity index (χ0n) is 18.7. The smallest absolute Gasteiger partial charge is 0.196 e. The molecule has 1 heterocycles. The van der Waals surface area contributed by atoms with Crippen molar-refractivity contribution in [3.63, 3.8) is 0 Å². The van der Waals surface area contributed by atoms with Gasteiger partial charge in [0.1, 0.15) is 5.60 Å². The Morgan fingerprint density at radius 2 is 1.65 bits per heavy atom. The zero-order valence-corrected chi connectivity index (χ0v) is 18.7. The minimum absolute atomic E-state index is 0.187. The zero-order chi connectivity index (χ0) is 21.8. The van der Waals surface area contributed by atoms with E-state index in [1.54, 1.807) is 0 Å². The summed E-state index contributed by atoms with van der Waals surface area (Å²) in [4.78, 5) is 11.2. The van der Waals surface area contributed by atoms with E-state index in [-0.39, 0.29) is 12.1 Å². The molecule has 0 aliphatic carbocycles. The van der Waals surface area contributed by atoms with Crippen LogP contribution in [0.25, 0.3) is 32.3 Å². The number of rotatable bonds is 3. The summed E-state index contributed by atoms with van der Waals surface area (Å²) < 4.78 is 6.24. The first-order valence-corrected chi connectivity index (χ1v) is 11.0. The summed E-state index contributed by atoms with van der Waals surface area (Å²) in [6, 6.07) is 21.7. The molecule has 0 amide bonds. The Morgan fingerprint density at radius 3 is 2.45 bits per heavy atom. The van der Waals surface area contributed by atoms with Gasteiger partial charge in [-0.25, -0.2) is 9.78 Å². The van der Waals surface area contributed by atoms with Crippen LogP contribution in [0.2, 0.25) is 0 Å². The van der Waals surface area contributed by atoms with Gasteiger partial charge in [-0.2, -0.15) is 0 Å². The molecule has 1 N–H and O–H groups in total. The van der Waals surface area contributed by atoms with Crippen molar-refractivity contribution in [3.8, 4) is 0 Å². The fourth-order valence-electron chi connectivity index (χ4n) is 4.45. The Hall–Kier alpha value is -2.66. The first kappa shape index (κ1) is 20.3. The van der Waals surface area contributed by atoms with Crippen LogP contribution >= 0.6 is 0 Å². The fourth-order valence-corrected chi connectivity index (χ4v) is 4.45. The van der Waals surface area contributed by atoms with Gasteiger partial charge in [0.25, 0.3) is 0 Å². The minimum atomic E-state index is -0.630. The number of nitrogens with one attached hydrogen (secondary N) is 1. The van der Waals surface area contributed by atoms with E-state index >= 15 is 0 Å². The van der Waals surface area contributed by atoms with E-state index in [4.69, 9.17) is 14.5 Å². The second kappa shape index (κ2) is 7.49. The van der Waals surface area contributed by atoms with Gasteiger partial charge in [0.2, 0.25) is 0 Å². The van der Waals surface area contributed by atoms with Gasteiger partial charge in [-0.3, -0.25) is 0 Å². The molecule has 0 bridgehead atoms. The molecule has 0 aromatic heterocycles. The van der Waals surface area contributed by atoms with Gasteiger partial charge in [-0.05, 0) is 59.3 Å². The predicted molar refractivity (Wildman–Crippen MR) is 127 cm³/mol. The maximum Gasteiger partial charge on any atom is 0.196 e. The molecular formula is C27H29NO3. The lowest BCUT2D eigenvalue weighted by Crippen LogP contribution is -2.54. The van der Waals surface area contributed by atoms with Crippen LogP contribution in [0.1, 0.15) is 33.3 Å². The van der Waals surface area contributed by atoms with Crippen molar-refractivity contribution < 1.29 is 14.5 Å². The molecule has 4 aromatic rings. The normalized spacial score (nSPS) is 21.2. The first-order chi connectivity index (χ1) is 14.8. The van der Waals surface area contributed by atoms with Crippen LogP contribution in [-0.2, 0) is 14.5 Å². The standard InChI is InChI=1S/C27H29NO3/c1-16(2)25-29-26(27(4,5)31-30-25)28-23-12-8-11-21-20-14-13-18-9-6-7-10-19(18)22(20)15-17(3)24(21)23/h6-16,25-26,28H,1-5H3. The highest BCUT2D eigenvalue weighted by molar-refractivity contribution is 6.20. The van der Waals surface area contributed by atoms with E-state index in [0.29, 0.717) is 0 Å². The molecule has 31 heavy (non-hydrogen) atoms. The molecule has 0 saturated carbocycles. The van der Waals surface area contributed by atoms with Crippen molar-refractivity contribution in [2.24, 2.45) is 5.92 Å². The Kier molecular flexibility index (Phi) is 4.89. The number of hydrogen-bond acceptors (Lipinski definition) is 4. The lowest BCUT2D eigenvalue weighted by Gasteiger charge is -2.42. The quantitative estimate of drug-likeness (QED) is 0.291. The van der Waals surface area contributed by atoms with Crippen LogP contribution in [0.5, 0.6) is 0 Å². The topological polar surface area (TPSA) is 39.7 Å². The van der Waals surface area contributed by atoms with E-state index in [1.165, 1.54) is 37.9 Å². The summed E-state index contributed by atoms with van der Waals surface area (Å²) in [5.41, 5.74) is 1.64.